The fourth-order valence-electron chi connectivity index (χ4n) is 2.14. The molecule has 1 aromatic carbocycles. The monoisotopic (exact) mass is 314 g/mol. The number of aliphatic hydroxyl groups excluding tert-OH is 1. The van der Waals surface area contributed by atoms with E-state index >= 15 is 0 Å². The normalized spacial score (nSPS) is 15.2. The highest BCUT2D eigenvalue weighted by molar-refractivity contribution is 7.89. The van der Waals surface area contributed by atoms with E-state index in [4.69, 9.17) is 15.6 Å². The van der Waals surface area contributed by atoms with Gasteiger partial charge in [-0.2, -0.15) is 4.31 Å². The summed E-state index contributed by atoms with van der Waals surface area (Å²) in [6.45, 7) is -0.223. The first-order valence-electron chi connectivity index (χ1n) is 6.52. The molecule has 0 aromatic heterocycles. The number of hydrogen-bond donors (Lipinski definition) is 2. The third-order valence-electron chi connectivity index (χ3n) is 3.32. The van der Waals surface area contributed by atoms with E-state index in [1.807, 2.05) is 0 Å². The van der Waals surface area contributed by atoms with E-state index in [2.05, 4.69) is 0 Å². The summed E-state index contributed by atoms with van der Waals surface area (Å²) in [7, 11) is -2.40. The van der Waals surface area contributed by atoms with Gasteiger partial charge in [0.05, 0.1) is 24.2 Å². The van der Waals surface area contributed by atoms with Gasteiger partial charge >= 0.3 is 0 Å². The largest absolute Gasteiger partial charge is 0.496 e. The fraction of sp³-hybridized carbons (Fsp3) is 0.462. The summed E-state index contributed by atoms with van der Waals surface area (Å²) < 4.78 is 31.5. The summed E-state index contributed by atoms with van der Waals surface area (Å²) in [6.07, 6.45) is 1.55. The van der Waals surface area contributed by atoms with Crippen molar-refractivity contribution in [2.75, 3.05) is 20.3 Å². The Morgan fingerprint density at radius 3 is 2.62 bits per heavy atom. The molecule has 7 nitrogen and oxygen atoms in total. The number of hydrogen-bond acceptors (Lipinski definition) is 5. The lowest BCUT2D eigenvalue weighted by atomic mass is 10.2. The Bertz CT molecular complexity index is 640. The fourth-order valence-corrected chi connectivity index (χ4v) is 3.84. The quantitative estimate of drug-likeness (QED) is 0.732. The minimum Gasteiger partial charge on any atom is -0.496 e. The van der Waals surface area contributed by atoms with E-state index in [1.54, 1.807) is 0 Å². The molecule has 8 heteroatoms. The molecular formula is C13H18N2O5S. The highest BCUT2D eigenvalue weighted by atomic mass is 32.2. The molecule has 0 heterocycles. The number of benzene rings is 1. The molecule has 1 aliphatic carbocycles. The molecule has 21 heavy (non-hydrogen) atoms. The van der Waals surface area contributed by atoms with Crippen LogP contribution in [0, 0.1) is 0 Å². The first-order chi connectivity index (χ1) is 9.91. The van der Waals surface area contributed by atoms with Gasteiger partial charge in [-0.3, -0.25) is 4.79 Å². The van der Waals surface area contributed by atoms with Crippen LogP contribution in [-0.2, 0) is 10.0 Å². The lowest BCUT2D eigenvalue weighted by Gasteiger charge is -2.21. The molecule has 1 amide bonds. The summed E-state index contributed by atoms with van der Waals surface area (Å²) in [5.41, 5.74) is 5.25. The molecule has 0 aliphatic heterocycles. The lowest BCUT2D eigenvalue weighted by Crippen LogP contribution is -2.35. The molecule has 1 aromatic rings. The average Bonchev–Trinajstić information content (AvgIpc) is 3.28. The number of carbonyl (C=O) groups excluding carboxylic acids is 1. The molecule has 0 radical (unpaired) electrons. The van der Waals surface area contributed by atoms with Gasteiger partial charge in [-0.25, -0.2) is 8.42 Å². The number of aliphatic hydroxyl groups is 1. The summed E-state index contributed by atoms with van der Waals surface area (Å²) in [5, 5.41) is 9.05. The molecule has 0 spiro atoms. The SMILES string of the molecule is COc1ccc(S(=O)(=O)N(CCO)C2CC2)cc1C(N)=O. The van der Waals surface area contributed by atoms with Gasteiger partial charge in [0.1, 0.15) is 5.75 Å². The van der Waals surface area contributed by atoms with Gasteiger partial charge in [0.2, 0.25) is 10.0 Å². The lowest BCUT2D eigenvalue weighted by molar-refractivity contribution is 0.0997. The van der Waals surface area contributed by atoms with Crippen LogP contribution < -0.4 is 10.5 Å². The first kappa shape index (κ1) is 15.7. The highest BCUT2D eigenvalue weighted by Gasteiger charge is 2.38. The van der Waals surface area contributed by atoms with Crippen LogP contribution in [-0.4, -0.2) is 50.0 Å². The summed E-state index contributed by atoms with van der Waals surface area (Å²) >= 11 is 0. The van der Waals surface area contributed by atoms with Crippen molar-refractivity contribution in [1.82, 2.24) is 4.31 Å². The van der Waals surface area contributed by atoms with Crippen molar-refractivity contribution in [1.29, 1.82) is 0 Å². The van der Waals surface area contributed by atoms with Crippen LogP contribution in [0.25, 0.3) is 0 Å². The van der Waals surface area contributed by atoms with Gasteiger partial charge in [0, 0.05) is 12.6 Å². The number of primary amides is 1. The Labute approximate surface area is 123 Å². The summed E-state index contributed by atoms with van der Waals surface area (Å²) in [4.78, 5) is 11.4. The molecule has 0 saturated heterocycles. The van der Waals surface area contributed by atoms with Crippen molar-refractivity contribution < 1.29 is 23.1 Å². The maximum atomic E-state index is 12.6. The van der Waals surface area contributed by atoms with Crippen LogP contribution in [0.1, 0.15) is 23.2 Å². The second-order valence-electron chi connectivity index (χ2n) is 4.80. The molecule has 2 rings (SSSR count). The number of methoxy groups -OCH3 is 1. The van der Waals surface area contributed by atoms with Crippen LogP contribution >= 0.6 is 0 Å². The predicted octanol–water partition coefficient (Wildman–Crippen LogP) is -0.0605. The molecule has 0 bridgehead atoms. The van der Waals surface area contributed by atoms with Crippen molar-refractivity contribution in [3.8, 4) is 5.75 Å². The third-order valence-corrected chi connectivity index (χ3v) is 5.27. The van der Waals surface area contributed by atoms with Crippen LogP contribution in [0.4, 0.5) is 0 Å². The van der Waals surface area contributed by atoms with Gasteiger partial charge in [-0.15, -0.1) is 0 Å². The Morgan fingerprint density at radius 1 is 1.48 bits per heavy atom. The molecule has 1 fully saturated rings. The van der Waals surface area contributed by atoms with Crippen molar-refractivity contribution in [2.45, 2.75) is 23.8 Å². The van der Waals surface area contributed by atoms with E-state index in [0.717, 1.165) is 12.8 Å². The number of rotatable bonds is 7. The minimum atomic E-state index is -3.77. The predicted molar refractivity (Wildman–Crippen MR) is 75.5 cm³/mol. The van der Waals surface area contributed by atoms with E-state index < -0.39 is 15.9 Å². The molecule has 3 N–H and O–H groups in total. The number of nitrogens with zero attached hydrogens (tertiary/aromatic N) is 1. The summed E-state index contributed by atoms with van der Waals surface area (Å²) in [5.74, 6) is -0.536. The van der Waals surface area contributed by atoms with E-state index in [1.165, 1.54) is 29.6 Å². The van der Waals surface area contributed by atoms with Crippen molar-refractivity contribution in [3.63, 3.8) is 0 Å². The van der Waals surface area contributed by atoms with Gasteiger partial charge < -0.3 is 15.6 Å². The zero-order chi connectivity index (χ0) is 15.6. The number of sulfonamides is 1. The highest BCUT2D eigenvalue weighted by Crippen LogP contribution is 2.33. The second-order valence-corrected chi connectivity index (χ2v) is 6.69. The van der Waals surface area contributed by atoms with Crippen molar-refractivity contribution in [3.05, 3.63) is 23.8 Å². The number of carbonyl (C=O) groups is 1. The van der Waals surface area contributed by atoms with Gasteiger partial charge in [0.25, 0.3) is 5.91 Å². The average molecular weight is 314 g/mol. The van der Waals surface area contributed by atoms with Gasteiger partial charge in [-0.1, -0.05) is 0 Å². The molecular weight excluding hydrogens is 296 g/mol. The van der Waals surface area contributed by atoms with Crippen LogP contribution in [0.15, 0.2) is 23.1 Å². The van der Waals surface area contributed by atoms with E-state index in [9.17, 15) is 13.2 Å². The zero-order valence-electron chi connectivity index (χ0n) is 11.7. The molecule has 116 valence electrons. The van der Waals surface area contributed by atoms with Gasteiger partial charge in [-0.05, 0) is 31.0 Å². The van der Waals surface area contributed by atoms with Crippen LogP contribution in [0.2, 0.25) is 0 Å². The summed E-state index contributed by atoms with van der Waals surface area (Å²) in [6, 6.07) is 3.90. The minimum absolute atomic E-state index is 0.0123. The zero-order valence-corrected chi connectivity index (χ0v) is 12.5. The van der Waals surface area contributed by atoms with Crippen molar-refractivity contribution in [2.24, 2.45) is 5.73 Å². The molecule has 1 saturated carbocycles. The van der Waals surface area contributed by atoms with Crippen LogP contribution in [0.5, 0.6) is 5.75 Å². The standard InChI is InChI=1S/C13H18N2O5S/c1-20-12-5-4-10(8-11(12)13(14)17)21(18,19)15(6-7-16)9-2-3-9/h4-5,8-9,16H,2-3,6-7H2,1H3,(H2,14,17). The Morgan fingerprint density at radius 2 is 2.14 bits per heavy atom. The Kier molecular flexibility index (Phi) is 4.50. The van der Waals surface area contributed by atoms with Gasteiger partial charge in [0.15, 0.2) is 0 Å². The maximum absolute atomic E-state index is 12.6. The number of ether oxygens (including phenoxy) is 1. The van der Waals surface area contributed by atoms with E-state index in [0.29, 0.717) is 0 Å². The Hall–Kier alpha value is -1.64. The molecule has 0 atom stereocenters. The topological polar surface area (TPSA) is 110 Å². The third kappa shape index (κ3) is 3.17. The molecule has 1 aliphatic rings. The van der Waals surface area contributed by atoms with Crippen molar-refractivity contribution >= 4 is 15.9 Å². The number of nitrogens with two attached hydrogens (primary N) is 1. The number of amides is 1. The first-order valence-corrected chi connectivity index (χ1v) is 7.96. The maximum Gasteiger partial charge on any atom is 0.252 e. The second kappa shape index (κ2) is 6.00. The smallest absolute Gasteiger partial charge is 0.252 e. The van der Waals surface area contributed by atoms with Crippen LogP contribution in [0.3, 0.4) is 0 Å². The Balaban J connectivity index is 2.44. The molecule has 0 unspecified atom stereocenters. The van der Waals surface area contributed by atoms with E-state index in [-0.39, 0.29) is 35.4 Å².